The molecular formula is C19H16ClNO4S2. The lowest BCUT2D eigenvalue weighted by Gasteiger charge is -2.10. The first-order valence-electron chi connectivity index (χ1n) is 7.88. The van der Waals surface area contributed by atoms with E-state index in [0.29, 0.717) is 16.5 Å². The maximum atomic E-state index is 12.7. The predicted octanol–water partition coefficient (Wildman–Crippen LogP) is 4.80. The summed E-state index contributed by atoms with van der Waals surface area (Å²) in [4.78, 5) is 13.0. The van der Waals surface area contributed by atoms with Crippen molar-refractivity contribution in [3.8, 4) is 5.75 Å². The van der Waals surface area contributed by atoms with Gasteiger partial charge in [0.2, 0.25) is 9.84 Å². The van der Waals surface area contributed by atoms with Crippen molar-refractivity contribution in [2.75, 3.05) is 12.4 Å². The molecule has 27 heavy (non-hydrogen) atoms. The fraction of sp³-hybridized carbons (Fsp3) is 0.105. The average Bonchev–Trinajstić information content (AvgIpc) is 3.13. The number of thiophene rings is 1. The third kappa shape index (κ3) is 4.16. The molecule has 0 aliphatic heterocycles. The van der Waals surface area contributed by atoms with Gasteiger partial charge in [0.05, 0.1) is 22.6 Å². The summed E-state index contributed by atoms with van der Waals surface area (Å²) < 4.78 is 30.7. The molecule has 5 nitrogen and oxygen atoms in total. The molecule has 0 radical (unpaired) electrons. The zero-order valence-corrected chi connectivity index (χ0v) is 16.9. The van der Waals surface area contributed by atoms with E-state index in [1.807, 2.05) is 13.0 Å². The van der Waals surface area contributed by atoms with Crippen LogP contribution in [0, 0.1) is 6.92 Å². The van der Waals surface area contributed by atoms with Crippen molar-refractivity contribution in [3.63, 3.8) is 0 Å². The Hall–Kier alpha value is -2.35. The van der Waals surface area contributed by atoms with Crippen molar-refractivity contribution < 1.29 is 17.9 Å². The van der Waals surface area contributed by atoms with Crippen molar-refractivity contribution in [1.29, 1.82) is 0 Å². The summed E-state index contributed by atoms with van der Waals surface area (Å²) in [5.74, 6) is 0.126. The zero-order chi connectivity index (χ0) is 19.6. The van der Waals surface area contributed by atoms with Gasteiger partial charge in [-0.15, -0.1) is 11.3 Å². The lowest BCUT2D eigenvalue weighted by atomic mass is 10.2. The molecule has 1 aromatic heterocycles. The molecule has 1 heterocycles. The van der Waals surface area contributed by atoms with Crippen LogP contribution >= 0.6 is 22.9 Å². The summed E-state index contributed by atoms with van der Waals surface area (Å²) in [6, 6.07) is 14.2. The molecule has 0 saturated heterocycles. The first-order chi connectivity index (χ1) is 12.8. The molecule has 3 aromatic rings. The Labute approximate surface area is 166 Å². The van der Waals surface area contributed by atoms with E-state index in [1.165, 1.54) is 43.5 Å². The third-order valence-electron chi connectivity index (χ3n) is 3.80. The maximum absolute atomic E-state index is 12.7. The van der Waals surface area contributed by atoms with Crippen molar-refractivity contribution in [2.24, 2.45) is 0 Å². The minimum Gasteiger partial charge on any atom is -0.495 e. The van der Waals surface area contributed by atoms with Crippen LogP contribution in [0.5, 0.6) is 5.75 Å². The number of amides is 1. The second-order valence-electron chi connectivity index (χ2n) is 5.73. The van der Waals surface area contributed by atoms with Crippen LogP contribution < -0.4 is 10.1 Å². The predicted molar refractivity (Wildman–Crippen MR) is 107 cm³/mol. The Kier molecular flexibility index (Phi) is 5.55. The Morgan fingerprint density at radius 3 is 2.44 bits per heavy atom. The molecule has 0 saturated carbocycles. The average molecular weight is 422 g/mol. The van der Waals surface area contributed by atoms with Crippen LogP contribution in [0.1, 0.15) is 15.2 Å². The summed E-state index contributed by atoms with van der Waals surface area (Å²) in [6.45, 7) is 1.90. The largest absolute Gasteiger partial charge is 0.495 e. The highest BCUT2D eigenvalue weighted by atomic mass is 35.5. The smallest absolute Gasteiger partial charge is 0.265 e. The van der Waals surface area contributed by atoms with Gasteiger partial charge in [-0.2, -0.15) is 0 Å². The second kappa shape index (κ2) is 7.72. The standard InChI is InChI=1S/C19H16ClNO4S2/c1-12-3-8-16(25-2)15(11-12)21-19(22)17-9-10-18(26-17)27(23,24)14-6-4-13(20)5-7-14/h3-11H,1-2H3,(H,21,22). The molecule has 1 amide bonds. The van der Waals surface area contributed by atoms with Gasteiger partial charge in [0.15, 0.2) is 0 Å². The summed E-state index contributed by atoms with van der Waals surface area (Å²) >= 11 is 6.72. The summed E-state index contributed by atoms with van der Waals surface area (Å²) in [5.41, 5.74) is 1.49. The number of rotatable bonds is 5. The summed E-state index contributed by atoms with van der Waals surface area (Å²) in [5, 5.41) is 3.22. The van der Waals surface area contributed by atoms with Crippen LogP contribution in [0.4, 0.5) is 5.69 Å². The quantitative estimate of drug-likeness (QED) is 0.642. The van der Waals surface area contributed by atoms with E-state index < -0.39 is 15.7 Å². The molecule has 0 aliphatic carbocycles. The van der Waals surface area contributed by atoms with Gasteiger partial charge < -0.3 is 10.1 Å². The van der Waals surface area contributed by atoms with Gasteiger partial charge >= 0.3 is 0 Å². The van der Waals surface area contributed by atoms with E-state index in [2.05, 4.69) is 5.32 Å². The van der Waals surface area contributed by atoms with Crippen LogP contribution in [0.25, 0.3) is 0 Å². The van der Waals surface area contributed by atoms with Crippen molar-refractivity contribution in [2.45, 2.75) is 16.0 Å². The minimum atomic E-state index is -3.71. The number of sulfone groups is 1. The van der Waals surface area contributed by atoms with E-state index in [4.69, 9.17) is 16.3 Å². The topological polar surface area (TPSA) is 72.5 Å². The first-order valence-corrected chi connectivity index (χ1v) is 10.6. The van der Waals surface area contributed by atoms with Gasteiger partial charge in [-0.3, -0.25) is 4.79 Å². The number of carbonyl (C=O) groups excluding carboxylic acids is 1. The molecule has 0 unspecified atom stereocenters. The Morgan fingerprint density at radius 2 is 1.78 bits per heavy atom. The molecule has 8 heteroatoms. The number of ether oxygens (including phenoxy) is 1. The monoisotopic (exact) mass is 421 g/mol. The fourth-order valence-corrected chi connectivity index (χ4v) is 5.15. The van der Waals surface area contributed by atoms with E-state index in [9.17, 15) is 13.2 Å². The van der Waals surface area contributed by atoms with Gasteiger partial charge in [-0.25, -0.2) is 8.42 Å². The first kappa shape index (κ1) is 19.4. The molecule has 0 atom stereocenters. The normalized spacial score (nSPS) is 11.2. The number of methoxy groups -OCH3 is 1. The van der Waals surface area contributed by atoms with Gasteiger partial charge in [0, 0.05) is 5.02 Å². The van der Waals surface area contributed by atoms with Gasteiger partial charge in [0.25, 0.3) is 5.91 Å². The second-order valence-corrected chi connectivity index (χ2v) is 9.43. The van der Waals surface area contributed by atoms with Gasteiger partial charge in [-0.1, -0.05) is 17.7 Å². The number of anilines is 1. The number of benzene rings is 2. The van der Waals surface area contributed by atoms with Crippen LogP contribution in [0.2, 0.25) is 5.02 Å². The highest BCUT2D eigenvalue weighted by molar-refractivity contribution is 7.93. The van der Waals surface area contributed by atoms with Gasteiger partial charge in [-0.05, 0) is 61.0 Å². The summed E-state index contributed by atoms with van der Waals surface area (Å²) in [6.07, 6.45) is 0. The molecule has 0 aliphatic rings. The molecule has 3 rings (SSSR count). The highest BCUT2D eigenvalue weighted by Gasteiger charge is 2.22. The van der Waals surface area contributed by atoms with E-state index in [1.54, 1.807) is 12.1 Å². The van der Waals surface area contributed by atoms with E-state index in [0.717, 1.165) is 16.9 Å². The Bertz CT molecular complexity index is 1090. The van der Waals surface area contributed by atoms with E-state index in [-0.39, 0.29) is 14.0 Å². The van der Waals surface area contributed by atoms with Crippen LogP contribution in [0.3, 0.4) is 0 Å². The molecule has 2 aromatic carbocycles. The number of carbonyl (C=O) groups is 1. The SMILES string of the molecule is COc1ccc(C)cc1NC(=O)c1ccc(S(=O)(=O)c2ccc(Cl)cc2)s1. The van der Waals surface area contributed by atoms with E-state index >= 15 is 0 Å². The van der Waals surface area contributed by atoms with Crippen molar-refractivity contribution >= 4 is 44.4 Å². The molecule has 0 spiro atoms. The zero-order valence-electron chi connectivity index (χ0n) is 14.5. The third-order valence-corrected chi connectivity index (χ3v) is 7.39. The molecule has 1 N–H and O–H groups in total. The molecule has 0 fully saturated rings. The maximum Gasteiger partial charge on any atom is 0.265 e. The fourth-order valence-electron chi connectivity index (χ4n) is 2.42. The number of halogens is 1. The molecule has 0 bridgehead atoms. The number of aryl methyl sites for hydroxylation is 1. The van der Waals surface area contributed by atoms with Crippen molar-refractivity contribution in [3.05, 3.63) is 70.1 Å². The minimum absolute atomic E-state index is 0.0891. The summed E-state index contributed by atoms with van der Waals surface area (Å²) in [7, 11) is -2.19. The number of nitrogens with one attached hydrogen (secondary N) is 1. The van der Waals surface area contributed by atoms with Crippen molar-refractivity contribution in [1.82, 2.24) is 0 Å². The van der Waals surface area contributed by atoms with Gasteiger partial charge in [0.1, 0.15) is 9.96 Å². The number of hydrogen-bond donors (Lipinski definition) is 1. The molecular weight excluding hydrogens is 406 g/mol. The Balaban J connectivity index is 1.86. The lowest BCUT2D eigenvalue weighted by Crippen LogP contribution is -2.11. The lowest BCUT2D eigenvalue weighted by molar-refractivity contribution is 0.103. The number of hydrogen-bond acceptors (Lipinski definition) is 5. The van der Waals surface area contributed by atoms with Crippen LogP contribution in [0.15, 0.2) is 63.7 Å². The Morgan fingerprint density at radius 1 is 1.07 bits per heavy atom. The van der Waals surface area contributed by atoms with Crippen LogP contribution in [-0.2, 0) is 9.84 Å². The molecule has 140 valence electrons. The van der Waals surface area contributed by atoms with Crippen LogP contribution in [-0.4, -0.2) is 21.4 Å². The highest BCUT2D eigenvalue weighted by Crippen LogP contribution is 2.30.